The quantitative estimate of drug-likeness (QED) is 0.256. The SMILES string of the molecule is CC(C)S1=CC=Cc2cc3ccccc3cc21.CCCS1=CC=Cc2cc3ccccc3cc21. The summed E-state index contributed by atoms with van der Waals surface area (Å²) in [6.07, 6.45) is 10.1. The molecule has 4 aromatic carbocycles. The lowest BCUT2D eigenvalue weighted by atomic mass is 10.1. The van der Waals surface area contributed by atoms with Crippen LogP contribution < -0.4 is 0 Å². The van der Waals surface area contributed by atoms with Crippen molar-refractivity contribution >= 4 is 65.4 Å². The van der Waals surface area contributed by atoms with Crippen LogP contribution in [0.15, 0.2) is 94.7 Å². The minimum atomic E-state index is 0.261. The molecule has 2 heteroatoms. The Morgan fingerprint density at radius 1 is 0.647 bits per heavy atom. The number of allylic oxidation sites excluding steroid dienone is 2. The van der Waals surface area contributed by atoms with E-state index in [0.29, 0.717) is 15.7 Å². The number of rotatable bonds is 3. The van der Waals surface area contributed by atoms with Crippen LogP contribution in [0, 0.1) is 0 Å². The van der Waals surface area contributed by atoms with Crippen LogP contribution in [0.5, 0.6) is 0 Å². The number of hydrogen-bond acceptors (Lipinski definition) is 0. The maximum Gasteiger partial charge on any atom is 0.00981 e. The first-order chi connectivity index (χ1) is 16.6. The molecule has 0 bridgehead atoms. The highest BCUT2D eigenvalue weighted by molar-refractivity contribution is 8.16. The summed E-state index contributed by atoms with van der Waals surface area (Å²) in [4.78, 5) is 3.02. The molecule has 2 atom stereocenters. The van der Waals surface area contributed by atoms with E-state index in [9.17, 15) is 0 Å². The number of benzene rings is 4. The van der Waals surface area contributed by atoms with E-state index in [-0.39, 0.29) is 10.5 Å². The maximum atomic E-state index is 2.38. The van der Waals surface area contributed by atoms with Gasteiger partial charge in [0.05, 0.1) is 0 Å². The third-order valence-corrected chi connectivity index (χ3v) is 10.8. The van der Waals surface area contributed by atoms with Gasteiger partial charge in [0.2, 0.25) is 0 Å². The summed E-state index contributed by atoms with van der Waals surface area (Å²) in [6.45, 7) is 6.87. The van der Waals surface area contributed by atoms with E-state index in [1.54, 1.807) is 0 Å². The standard InChI is InChI=1S/2C16H16S/c1-12(2)17-9-5-8-15-10-13-6-3-4-7-14(13)11-16(15)17;1-2-9-17-10-5-8-15-11-13-6-3-4-7-14(13)12-16(15)17/h3-12H,1-2H3;3-8,10-12H,2,9H2,1H3. The second-order valence-electron chi connectivity index (χ2n) is 9.02. The van der Waals surface area contributed by atoms with Crippen molar-refractivity contribution in [1.82, 2.24) is 0 Å². The van der Waals surface area contributed by atoms with Gasteiger partial charge in [-0.3, -0.25) is 0 Å². The normalized spacial score (nSPS) is 18.0. The Morgan fingerprint density at radius 2 is 1.15 bits per heavy atom. The van der Waals surface area contributed by atoms with Crippen molar-refractivity contribution in [2.24, 2.45) is 0 Å². The van der Waals surface area contributed by atoms with Crippen molar-refractivity contribution in [2.45, 2.75) is 42.2 Å². The Kier molecular flexibility index (Phi) is 6.99. The molecule has 2 heterocycles. The van der Waals surface area contributed by atoms with E-state index in [0.717, 1.165) is 0 Å². The van der Waals surface area contributed by atoms with E-state index in [2.05, 4.69) is 129 Å². The third-order valence-electron chi connectivity index (χ3n) is 6.24. The summed E-state index contributed by atoms with van der Waals surface area (Å²) in [5.41, 5.74) is 2.80. The highest BCUT2D eigenvalue weighted by Gasteiger charge is 2.12. The van der Waals surface area contributed by atoms with Crippen molar-refractivity contribution in [3.8, 4) is 0 Å². The summed E-state index contributed by atoms with van der Waals surface area (Å²) in [6, 6.07) is 26.6. The topological polar surface area (TPSA) is 0 Å². The molecule has 0 saturated heterocycles. The summed E-state index contributed by atoms with van der Waals surface area (Å²) < 4.78 is 0. The molecule has 0 amide bonds. The van der Waals surface area contributed by atoms with Gasteiger partial charge >= 0.3 is 0 Å². The van der Waals surface area contributed by atoms with Crippen molar-refractivity contribution < 1.29 is 0 Å². The Labute approximate surface area is 208 Å². The number of fused-ring (bicyclic) bond motifs is 4. The van der Waals surface area contributed by atoms with Gasteiger partial charge in [-0.1, -0.05) is 93.6 Å². The van der Waals surface area contributed by atoms with Gasteiger partial charge in [-0.05, 0) is 85.1 Å². The lowest BCUT2D eigenvalue weighted by Gasteiger charge is -2.19. The average molecular weight is 481 g/mol. The van der Waals surface area contributed by atoms with Crippen LogP contribution >= 0.6 is 21.0 Å². The van der Waals surface area contributed by atoms with Crippen molar-refractivity contribution in [3.63, 3.8) is 0 Å². The first-order valence-corrected chi connectivity index (χ1v) is 14.9. The molecular weight excluding hydrogens is 448 g/mol. The van der Waals surface area contributed by atoms with Gasteiger partial charge in [0.25, 0.3) is 0 Å². The smallest absolute Gasteiger partial charge is 0.00981 e. The highest BCUT2D eigenvalue weighted by Crippen LogP contribution is 2.39. The van der Waals surface area contributed by atoms with Gasteiger partial charge in [0.15, 0.2) is 0 Å². The Bertz CT molecular complexity index is 1480. The van der Waals surface area contributed by atoms with Crippen LogP contribution in [0.3, 0.4) is 0 Å². The second-order valence-corrected chi connectivity index (χ2v) is 13.4. The van der Waals surface area contributed by atoms with Crippen molar-refractivity contribution in [2.75, 3.05) is 5.75 Å². The second kappa shape index (κ2) is 10.3. The highest BCUT2D eigenvalue weighted by atomic mass is 32.2. The molecule has 2 unspecified atom stereocenters. The van der Waals surface area contributed by atoms with E-state index in [1.165, 1.54) is 54.6 Å². The Morgan fingerprint density at radius 3 is 1.71 bits per heavy atom. The molecule has 0 aliphatic carbocycles. The zero-order chi connectivity index (χ0) is 23.5. The number of hydrogen-bond donors (Lipinski definition) is 0. The fourth-order valence-electron chi connectivity index (χ4n) is 4.59. The van der Waals surface area contributed by atoms with E-state index in [4.69, 9.17) is 0 Å². The summed E-state index contributed by atoms with van der Waals surface area (Å²) in [5, 5.41) is 10.8. The largest absolute Gasteiger partial charge is 0.154 e. The van der Waals surface area contributed by atoms with E-state index >= 15 is 0 Å². The van der Waals surface area contributed by atoms with Crippen LogP contribution in [-0.2, 0) is 0 Å². The minimum Gasteiger partial charge on any atom is -0.154 e. The molecular formula is C32H32S2. The van der Waals surface area contributed by atoms with Gasteiger partial charge in [0.1, 0.15) is 0 Å². The lowest BCUT2D eigenvalue weighted by molar-refractivity contribution is 1.10. The molecule has 0 aromatic heterocycles. The van der Waals surface area contributed by atoms with Crippen LogP contribution in [0.1, 0.15) is 38.3 Å². The van der Waals surface area contributed by atoms with Crippen LogP contribution in [-0.4, -0.2) is 21.7 Å². The van der Waals surface area contributed by atoms with Crippen LogP contribution in [0.4, 0.5) is 0 Å². The van der Waals surface area contributed by atoms with Crippen LogP contribution in [0.25, 0.3) is 33.7 Å². The molecule has 0 nitrogen and oxygen atoms in total. The summed E-state index contributed by atoms with van der Waals surface area (Å²) >= 11 is 0. The summed E-state index contributed by atoms with van der Waals surface area (Å²) in [5.74, 6) is 1.27. The molecule has 2 aliphatic heterocycles. The van der Waals surface area contributed by atoms with Gasteiger partial charge in [-0.2, -0.15) is 21.0 Å². The molecule has 0 fully saturated rings. The first-order valence-electron chi connectivity index (χ1n) is 12.1. The molecule has 0 N–H and O–H groups in total. The van der Waals surface area contributed by atoms with Crippen LogP contribution in [0.2, 0.25) is 0 Å². The molecule has 172 valence electrons. The average Bonchev–Trinajstić information content (AvgIpc) is 2.86. The van der Waals surface area contributed by atoms with Gasteiger partial charge in [0, 0.05) is 9.79 Å². The molecule has 4 aromatic rings. The molecule has 6 rings (SSSR count). The molecule has 0 spiro atoms. The fraction of sp³-hybridized carbons (Fsp3) is 0.188. The fourth-order valence-corrected chi connectivity index (χ4v) is 8.38. The van der Waals surface area contributed by atoms with Gasteiger partial charge in [-0.25, -0.2) is 0 Å². The third kappa shape index (κ3) is 4.76. The van der Waals surface area contributed by atoms with Gasteiger partial charge in [-0.15, -0.1) is 0 Å². The molecule has 0 saturated carbocycles. The first kappa shape index (κ1) is 23.1. The molecule has 34 heavy (non-hydrogen) atoms. The van der Waals surface area contributed by atoms with Crippen molar-refractivity contribution in [3.05, 3.63) is 96.1 Å². The molecule has 0 radical (unpaired) electrons. The van der Waals surface area contributed by atoms with E-state index < -0.39 is 0 Å². The van der Waals surface area contributed by atoms with E-state index in [1.807, 2.05) is 0 Å². The minimum absolute atomic E-state index is 0.261. The van der Waals surface area contributed by atoms with Crippen molar-refractivity contribution in [1.29, 1.82) is 0 Å². The van der Waals surface area contributed by atoms with Gasteiger partial charge < -0.3 is 0 Å². The molecule has 2 aliphatic rings. The maximum absolute atomic E-state index is 2.38. The predicted molar refractivity (Wildman–Crippen MR) is 160 cm³/mol. The Balaban J connectivity index is 0.000000142. The predicted octanol–water partition coefficient (Wildman–Crippen LogP) is 9.41. The lowest BCUT2D eigenvalue weighted by Crippen LogP contribution is -1.98. The summed E-state index contributed by atoms with van der Waals surface area (Å²) in [7, 11) is 0.573. The monoisotopic (exact) mass is 480 g/mol. The zero-order valence-corrected chi connectivity index (χ0v) is 21.8. The zero-order valence-electron chi connectivity index (χ0n) is 20.2. The Hall–Kier alpha value is -2.68.